The topological polar surface area (TPSA) is 206 Å². The summed E-state index contributed by atoms with van der Waals surface area (Å²) in [6.45, 7) is 0.654. The number of carbonyl (C=O) groups is 8. The molecule has 0 aliphatic carbocycles. The minimum absolute atomic E-state index is 0.718. The van der Waals surface area contributed by atoms with Crippen LogP contribution < -0.4 is 0 Å². The van der Waals surface area contributed by atoms with E-state index in [-0.39, 0.29) is 0 Å². The van der Waals surface area contributed by atoms with Crippen molar-refractivity contribution in [1.82, 2.24) is 0 Å². The fourth-order valence-corrected chi connectivity index (χ4v) is 3.30. The second-order valence-corrected chi connectivity index (χ2v) is 7.82. The monoisotopic (exact) mass is 472 g/mol. The molecule has 0 radical (unpaired) electrons. The van der Waals surface area contributed by atoms with Gasteiger partial charge in [0, 0.05) is 6.42 Å². The minimum Gasteiger partial charge on any atom is -0.441 e. The van der Waals surface area contributed by atoms with Gasteiger partial charge in [-0.1, -0.05) is 0 Å². The van der Waals surface area contributed by atoms with Crippen LogP contribution in [0.4, 0.5) is 0 Å². The van der Waals surface area contributed by atoms with Crippen LogP contribution in [0.5, 0.6) is 0 Å². The van der Waals surface area contributed by atoms with Crippen molar-refractivity contribution in [3.05, 3.63) is 0 Å². The fraction of sp³-hybridized carbons (Fsp3) is 0.619. The average Bonchev–Trinajstić information content (AvgIpc) is 2.65. The molecule has 184 valence electrons. The third-order valence-corrected chi connectivity index (χ3v) is 4.73. The van der Waals surface area contributed by atoms with Gasteiger partial charge in [-0.2, -0.15) is 0 Å². The normalized spacial score (nSPS) is 12.5. The Balaban J connectivity index is 7.30. The Morgan fingerprint density at radius 1 is 0.697 bits per heavy atom. The van der Waals surface area contributed by atoms with Crippen LogP contribution in [0.3, 0.4) is 0 Å². The molecule has 0 aliphatic rings. The molecule has 0 aromatic heterocycles. The summed E-state index contributed by atoms with van der Waals surface area (Å²) in [7, 11) is 0. The summed E-state index contributed by atoms with van der Waals surface area (Å²) in [5, 5.41) is 30.4. The number of hydrogen-bond donors (Lipinski definition) is 3. The summed E-state index contributed by atoms with van der Waals surface area (Å²) in [5.41, 5.74) is -6.54. The van der Waals surface area contributed by atoms with E-state index in [1.165, 1.54) is 0 Å². The lowest BCUT2D eigenvalue weighted by atomic mass is 9.62. The Labute approximate surface area is 189 Å². The first-order valence-electron chi connectivity index (χ1n) is 9.81. The summed E-state index contributed by atoms with van der Waals surface area (Å²) in [5.74, 6) is -9.52. The second-order valence-electron chi connectivity index (χ2n) is 7.82. The first-order chi connectivity index (χ1) is 15.1. The number of esters is 1. The lowest BCUT2D eigenvalue weighted by molar-refractivity contribution is -0.201. The van der Waals surface area contributed by atoms with Gasteiger partial charge in [0.15, 0.2) is 17.3 Å². The van der Waals surface area contributed by atoms with Gasteiger partial charge in [-0.3, -0.25) is 38.4 Å². The Hall–Kier alpha value is -2.96. The molecule has 0 spiro atoms. The van der Waals surface area contributed by atoms with E-state index in [1.807, 2.05) is 0 Å². The van der Waals surface area contributed by atoms with Gasteiger partial charge < -0.3 is 20.1 Å². The average molecular weight is 472 g/mol. The number of Topliss-reactive ketones (excluding diaryl/α,β-unsaturated/α-hetero) is 7. The molecule has 3 N–H and O–H groups in total. The number of carbonyl (C=O) groups excluding carboxylic acids is 8. The minimum atomic E-state index is -3.45. The summed E-state index contributed by atoms with van der Waals surface area (Å²) >= 11 is 0. The molecule has 0 amide bonds. The van der Waals surface area contributed by atoms with E-state index < -0.39 is 102 Å². The molecular weight excluding hydrogens is 444 g/mol. The number of rotatable bonds is 16. The van der Waals surface area contributed by atoms with Crippen LogP contribution in [0.1, 0.15) is 53.4 Å². The molecule has 0 heterocycles. The van der Waals surface area contributed by atoms with E-state index in [2.05, 4.69) is 0 Å². The maximum absolute atomic E-state index is 13.2. The van der Waals surface area contributed by atoms with E-state index in [9.17, 15) is 53.7 Å². The van der Waals surface area contributed by atoms with Crippen molar-refractivity contribution in [2.45, 2.75) is 65.1 Å². The highest BCUT2D eigenvalue weighted by Gasteiger charge is 2.68. The van der Waals surface area contributed by atoms with Gasteiger partial charge in [-0.05, 0) is 27.7 Å². The second kappa shape index (κ2) is 12.3. The van der Waals surface area contributed by atoms with Gasteiger partial charge in [-0.15, -0.1) is 0 Å². The third kappa shape index (κ3) is 7.01. The Morgan fingerprint density at radius 3 is 1.39 bits per heavy atom. The smallest absolute Gasteiger partial charge is 0.314 e. The van der Waals surface area contributed by atoms with Crippen molar-refractivity contribution < 1.29 is 58.4 Å². The predicted octanol–water partition coefficient (Wildman–Crippen LogP) is -1.78. The predicted molar refractivity (Wildman–Crippen MR) is 108 cm³/mol. The SMILES string of the molecule is CC(=O)CC(=O)OC(C(=O)CC(C)=O)(C(=O)CC(C)=O)C(CO)(CO)C(=O)C(O)CC(C)=O. The molecule has 0 fully saturated rings. The molecule has 12 nitrogen and oxygen atoms in total. The van der Waals surface area contributed by atoms with Crippen molar-refractivity contribution in [3.63, 3.8) is 0 Å². The quantitative estimate of drug-likeness (QED) is 0.168. The molecule has 0 bridgehead atoms. The molecule has 0 saturated carbocycles. The van der Waals surface area contributed by atoms with Crippen molar-refractivity contribution in [3.8, 4) is 0 Å². The molecule has 1 atom stereocenters. The van der Waals surface area contributed by atoms with Crippen LogP contribution in [0.25, 0.3) is 0 Å². The fourth-order valence-electron chi connectivity index (χ4n) is 3.30. The zero-order chi connectivity index (χ0) is 26.1. The third-order valence-electron chi connectivity index (χ3n) is 4.73. The van der Waals surface area contributed by atoms with Gasteiger partial charge in [0.1, 0.15) is 41.1 Å². The molecule has 0 rings (SSSR count). The number of ether oxygens (including phenoxy) is 1. The molecule has 0 aromatic rings. The number of ketones is 7. The summed E-state index contributed by atoms with van der Waals surface area (Å²) in [6.07, 6.45) is -6.37. The Kier molecular flexibility index (Phi) is 11.2. The number of aliphatic hydroxyl groups excluding tert-OH is 3. The van der Waals surface area contributed by atoms with Gasteiger partial charge in [-0.25, -0.2) is 0 Å². The van der Waals surface area contributed by atoms with E-state index in [1.54, 1.807) is 0 Å². The van der Waals surface area contributed by atoms with Crippen molar-refractivity contribution in [2.24, 2.45) is 5.41 Å². The van der Waals surface area contributed by atoms with Crippen LogP contribution >= 0.6 is 0 Å². The highest BCUT2D eigenvalue weighted by atomic mass is 16.6. The molecular formula is C21H28O12. The van der Waals surface area contributed by atoms with Gasteiger partial charge in [0.25, 0.3) is 0 Å². The lowest BCUT2D eigenvalue weighted by Crippen LogP contribution is -2.70. The number of hydrogen-bond acceptors (Lipinski definition) is 12. The van der Waals surface area contributed by atoms with Gasteiger partial charge in [0.05, 0.1) is 26.1 Å². The summed E-state index contributed by atoms with van der Waals surface area (Å²) in [4.78, 5) is 98.0. The van der Waals surface area contributed by atoms with Crippen LogP contribution in [0, 0.1) is 5.41 Å². The summed E-state index contributed by atoms with van der Waals surface area (Å²) < 4.78 is 5.00. The van der Waals surface area contributed by atoms with Crippen LogP contribution in [0.15, 0.2) is 0 Å². The molecule has 0 saturated heterocycles. The van der Waals surface area contributed by atoms with Crippen molar-refractivity contribution >= 4 is 46.5 Å². The van der Waals surface area contributed by atoms with E-state index in [4.69, 9.17) is 4.74 Å². The molecule has 12 heteroatoms. The highest BCUT2D eigenvalue weighted by molar-refractivity contribution is 6.23. The molecule has 1 unspecified atom stereocenters. The number of aliphatic hydroxyl groups is 3. The standard InChI is InChI=1S/C21H28O12/c1-11(24)5-15(28)19(32)20(9-22,10-23)21(16(29)6-12(2)25,17(30)7-13(3)26)33-18(31)8-14(4)27/h15,22-23,28H,5-10H2,1-4H3. The van der Waals surface area contributed by atoms with Gasteiger partial charge in [0.2, 0.25) is 5.60 Å². The maximum atomic E-state index is 13.2. The van der Waals surface area contributed by atoms with Gasteiger partial charge >= 0.3 is 5.97 Å². The molecule has 0 aromatic carbocycles. The van der Waals surface area contributed by atoms with Crippen LogP contribution in [-0.2, 0) is 43.1 Å². The van der Waals surface area contributed by atoms with Crippen LogP contribution in [-0.4, -0.2) is 86.7 Å². The van der Waals surface area contributed by atoms with E-state index >= 15 is 0 Å². The zero-order valence-electron chi connectivity index (χ0n) is 18.8. The van der Waals surface area contributed by atoms with Crippen molar-refractivity contribution in [1.29, 1.82) is 0 Å². The first kappa shape index (κ1) is 30.0. The maximum Gasteiger partial charge on any atom is 0.314 e. The largest absolute Gasteiger partial charge is 0.441 e. The van der Waals surface area contributed by atoms with E-state index in [0.29, 0.717) is 0 Å². The lowest BCUT2D eigenvalue weighted by Gasteiger charge is -2.44. The summed E-state index contributed by atoms with van der Waals surface area (Å²) in [6, 6.07) is 0. The van der Waals surface area contributed by atoms with E-state index in [0.717, 1.165) is 27.7 Å². The highest BCUT2D eigenvalue weighted by Crippen LogP contribution is 2.41. The molecule has 0 aliphatic heterocycles. The van der Waals surface area contributed by atoms with Crippen molar-refractivity contribution in [2.75, 3.05) is 13.2 Å². The first-order valence-corrected chi connectivity index (χ1v) is 9.81. The Bertz CT molecular complexity index is 821. The molecule has 33 heavy (non-hydrogen) atoms. The van der Waals surface area contributed by atoms with Crippen LogP contribution in [0.2, 0.25) is 0 Å². The Morgan fingerprint density at radius 2 is 1.09 bits per heavy atom. The zero-order valence-corrected chi connectivity index (χ0v) is 18.8.